The molecule has 0 aromatic heterocycles. The first-order chi connectivity index (χ1) is 15.9. The lowest BCUT2D eigenvalue weighted by Gasteiger charge is -2.25. The first kappa shape index (κ1) is 23.2. The van der Waals surface area contributed by atoms with Gasteiger partial charge in [-0.3, -0.25) is 9.59 Å². The highest BCUT2D eigenvalue weighted by atomic mass is 35.5. The molecule has 5 nitrogen and oxygen atoms in total. The molecule has 2 amide bonds. The number of ether oxygens (including phenoxy) is 1. The largest absolute Gasteiger partial charge is 0.495 e. The van der Waals surface area contributed by atoms with Crippen molar-refractivity contribution in [2.75, 3.05) is 23.5 Å². The second kappa shape index (κ2) is 9.91. The third kappa shape index (κ3) is 4.60. The van der Waals surface area contributed by atoms with Gasteiger partial charge in [-0.15, -0.1) is 0 Å². The Labute approximate surface area is 206 Å². The van der Waals surface area contributed by atoms with Crippen molar-refractivity contribution in [3.8, 4) is 5.75 Å². The van der Waals surface area contributed by atoms with Crippen LogP contribution in [-0.4, -0.2) is 25.5 Å². The van der Waals surface area contributed by atoms with E-state index in [4.69, 9.17) is 27.9 Å². The molecule has 1 aliphatic rings. The highest BCUT2D eigenvalue weighted by Gasteiger charge is 2.43. The Morgan fingerprint density at radius 3 is 2.21 bits per heavy atom. The highest BCUT2D eigenvalue weighted by Crippen LogP contribution is 2.43. The van der Waals surface area contributed by atoms with Crippen molar-refractivity contribution in [1.29, 1.82) is 0 Å². The molecule has 0 aliphatic carbocycles. The number of carbonyl (C=O) groups excluding carboxylic acids is 2. The number of hydrogen-bond acceptors (Lipinski definition) is 5. The van der Waals surface area contributed by atoms with Crippen LogP contribution in [0.25, 0.3) is 0 Å². The lowest BCUT2D eigenvalue weighted by atomic mass is 10.2. The Bertz CT molecular complexity index is 1230. The number of anilines is 2. The lowest BCUT2D eigenvalue weighted by Crippen LogP contribution is -2.35. The van der Waals surface area contributed by atoms with Gasteiger partial charge in [0.25, 0.3) is 11.8 Å². The van der Waals surface area contributed by atoms with Crippen molar-refractivity contribution in [3.05, 3.63) is 93.4 Å². The summed E-state index contributed by atoms with van der Waals surface area (Å²) < 4.78 is 5.42. The predicted octanol–water partition coefficient (Wildman–Crippen LogP) is 6.41. The Morgan fingerprint density at radius 1 is 0.909 bits per heavy atom. The van der Waals surface area contributed by atoms with E-state index >= 15 is 0 Å². The van der Waals surface area contributed by atoms with E-state index < -0.39 is 11.8 Å². The van der Waals surface area contributed by atoms with Gasteiger partial charge in [-0.2, -0.15) is 0 Å². The standard InChI is InChI=1S/C25H20Cl2N2O3S/c1-3-28(18-7-5-4-6-8-18)22-23(33-19-12-9-16(26)10-13-19)25(31)29(24(22)30)20-15-17(27)11-14-21(20)32-2/h4-15H,3H2,1-2H3. The average Bonchev–Trinajstić information content (AvgIpc) is 3.06. The van der Waals surface area contributed by atoms with Crippen LogP contribution in [0, 0.1) is 0 Å². The van der Waals surface area contributed by atoms with E-state index in [2.05, 4.69) is 0 Å². The van der Waals surface area contributed by atoms with Crippen LogP contribution in [0.1, 0.15) is 6.92 Å². The van der Waals surface area contributed by atoms with Gasteiger partial charge in [0.1, 0.15) is 16.4 Å². The summed E-state index contributed by atoms with van der Waals surface area (Å²) >= 11 is 13.5. The Hall–Kier alpha value is -2.93. The maximum atomic E-state index is 13.8. The summed E-state index contributed by atoms with van der Waals surface area (Å²) in [6.45, 7) is 2.43. The molecule has 0 saturated heterocycles. The van der Waals surface area contributed by atoms with Gasteiger partial charge in [0.05, 0.1) is 12.8 Å². The Morgan fingerprint density at radius 2 is 1.58 bits per heavy atom. The van der Waals surface area contributed by atoms with Crippen molar-refractivity contribution in [3.63, 3.8) is 0 Å². The van der Waals surface area contributed by atoms with Gasteiger partial charge in [0.2, 0.25) is 0 Å². The molecule has 0 atom stereocenters. The molecule has 0 radical (unpaired) electrons. The van der Waals surface area contributed by atoms with Gasteiger partial charge < -0.3 is 9.64 Å². The van der Waals surface area contributed by atoms with Crippen LogP contribution >= 0.6 is 35.0 Å². The van der Waals surface area contributed by atoms with E-state index in [1.807, 2.05) is 54.3 Å². The molecule has 168 valence electrons. The predicted molar refractivity (Wildman–Crippen MR) is 134 cm³/mol. The SMILES string of the molecule is CCN(C1=C(Sc2ccc(Cl)cc2)C(=O)N(c2cc(Cl)ccc2OC)C1=O)c1ccccc1. The number of halogens is 2. The number of likely N-dealkylation sites (N-methyl/N-ethyl adjacent to an activating group) is 1. The summed E-state index contributed by atoms with van der Waals surface area (Å²) in [7, 11) is 1.48. The number of benzene rings is 3. The molecule has 0 fully saturated rings. The number of carbonyl (C=O) groups is 2. The molecule has 3 aromatic carbocycles. The highest BCUT2D eigenvalue weighted by molar-refractivity contribution is 8.04. The number of thioether (sulfide) groups is 1. The van der Waals surface area contributed by atoms with Crippen LogP contribution in [0.15, 0.2) is 88.3 Å². The maximum Gasteiger partial charge on any atom is 0.283 e. The summed E-state index contributed by atoms with van der Waals surface area (Å²) in [4.78, 5) is 31.6. The zero-order chi connectivity index (χ0) is 23.5. The smallest absolute Gasteiger partial charge is 0.283 e. The zero-order valence-corrected chi connectivity index (χ0v) is 20.2. The number of nitrogens with zero attached hydrogens (tertiary/aromatic N) is 2. The molecular weight excluding hydrogens is 479 g/mol. The van der Waals surface area contributed by atoms with Crippen LogP contribution in [0.2, 0.25) is 10.0 Å². The normalized spacial score (nSPS) is 13.6. The number of rotatable bonds is 7. The first-order valence-corrected chi connectivity index (χ1v) is 11.7. The van der Waals surface area contributed by atoms with Crippen LogP contribution < -0.4 is 14.5 Å². The number of imide groups is 1. The number of para-hydroxylation sites is 1. The van der Waals surface area contributed by atoms with E-state index in [0.29, 0.717) is 38.6 Å². The van der Waals surface area contributed by atoms with Gasteiger partial charge in [0, 0.05) is 27.2 Å². The Balaban J connectivity index is 1.86. The topological polar surface area (TPSA) is 49.9 Å². The monoisotopic (exact) mass is 498 g/mol. The van der Waals surface area contributed by atoms with Crippen molar-refractivity contribution < 1.29 is 14.3 Å². The van der Waals surface area contributed by atoms with E-state index in [1.165, 1.54) is 18.9 Å². The summed E-state index contributed by atoms with van der Waals surface area (Å²) in [6, 6.07) is 21.5. The molecule has 3 aromatic rings. The maximum absolute atomic E-state index is 13.8. The summed E-state index contributed by atoms with van der Waals surface area (Å²) in [5.74, 6) is -0.506. The summed E-state index contributed by atoms with van der Waals surface area (Å²) in [6.07, 6.45) is 0. The number of hydrogen-bond donors (Lipinski definition) is 0. The number of methoxy groups -OCH3 is 1. The molecule has 0 saturated carbocycles. The van der Waals surface area contributed by atoms with Gasteiger partial charge in [-0.05, 0) is 61.5 Å². The molecule has 4 rings (SSSR count). The van der Waals surface area contributed by atoms with E-state index in [9.17, 15) is 9.59 Å². The fourth-order valence-electron chi connectivity index (χ4n) is 3.58. The fourth-order valence-corrected chi connectivity index (χ4v) is 4.86. The van der Waals surface area contributed by atoms with Gasteiger partial charge in [-0.1, -0.05) is 53.2 Å². The van der Waals surface area contributed by atoms with Gasteiger partial charge in [0.15, 0.2) is 0 Å². The lowest BCUT2D eigenvalue weighted by molar-refractivity contribution is -0.120. The van der Waals surface area contributed by atoms with Crippen molar-refractivity contribution in [2.45, 2.75) is 11.8 Å². The van der Waals surface area contributed by atoms with Crippen molar-refractivity contribution in [2.24, 2.45) is 0 Å². The van der Waals surface area contributed by atoms with Crippen LogP contribution in [0.5, 0.6) is 5.75 Å². The van der Waals surface area contributed by atoms with Crippen molar-refractivity contribution >= 4 is 58.2 Å². The summed E-state index contributed by atoms with van der Waals surface area (Å²) in [5.41, 5.74) is 1.41. The molecule has 0 unspecified atom stereocenters. The van der Waals surface area contributed by atoms with Gasteiger partial charge in [-0.25, -0.2) is 4.90 Å². The summed E-state index contributed by atoms with van der Waals surface area (Å²) in [5, 5.41) is 0.981. The van der Waals surface area contributed by atoms with E-state index in [0.717, 1.165) is 15.5 Å². The molecule has 1 aliphatic heterocycles. The molecule has 0 bridgehead atoms. The minimum absolute atomic E-state index is 0.299. The fraction of sp³-hybridized carbons (Fsp3) is 0.120. The van der Waals surface area contributed by atoms with Crippen LogP contribution in [0.3, 0.4) is 0 Å². The molecule has 8 heteroatoms. The number of amides is 2. The minimum Gasteiger partial charge on any atom is -0.495 e. The zero-order valence-electron chi connectivity index (χ0n) is 17.9. The van der Waals surface area contributed by atoms with Crippen LogP contribution in [-0.2, 0) is 9.59 Å². The molecule has 1 heterocycles. The molecular formula is C25H20Cl2N2O3S. The van der Waals surface area contributed by atoms with Gasteiger partial charge >= 0.3 is 0 Å². The average molecular weight is 499 g/mol. The minimum atomic E-state index is -0.442. The quantitative estimate of drug-likeness (QED) is 0.352. The first-order valence-electron chi connectivity index (χ1n) is 10.2. The van der Waals surface area contributed by atoms with Crippen LogP contribution in [0.4, 0.5) is 11.4 Å². The van der Waals surface area contributed by atoms with Crippen molar-refractivity contribution in [1.82, 2.24) is 0 Å². The second-order valence-electron chi connectivity index (χ2n) is 7.08. The van der Waals surface area contributed by atoms with E-state index in [-0.39, 0.29) is 0 Å². The Kier molecular flexibility index (Phi) is 6.98. The molecule has 33 heavy (non-hydrogen) atoms. The third-order valence-corrected chi connectivity index (χ3v) is 6.65. The second-order valence-corrected chi connectivity index (χ2v) is 9.03. The van der Waals surface area contributed by atoms with E-state index in [1.54, 1.807) is 30.3 Å². The molecule has 0 N–H and O–H groups in total. The molecule has 0 spiro atoms. The third-order valence-electron chi connectivity index (χ3n) is 5.09.